The Morgan fingerprint density at radius 3 is 2.73 bits per heavy atom. The van der Waals surface area contributed by atoms with Gasteiger partial charge in [0.1, 0.15) is 12.4 Å². The number of benzene rings is 1. The van der Waals surface area contributed by atoms with Gasteiger partial charge in [0, 0.05) is 7.05 Å². The lowest BCUT2D eigenvalue weighted by Crippen LogP contribution is -1.94. The van der Waals surface area contributed by atoms with Gasteiger partial charge < -0.3 is 10.1 Å². The lowest BCUT2D eigenvalue weighted by atomic mass is 10.3. The summed E-state index contributed by atoms with van der Waals surface area (Å²) in [4.78, 5) is 0. The minimum Gasteiger partial charge on any atom is -0.486 e. The minimum absolute atomic E-state index is 0.462. The van der Waals surface area contributed by atoms with Gasteiger partial charge in [0.05, 0.1) is 0 Å². The maximum atomic E-state index is 5.53. The van der Waals surface area contributed by atoms with E-state index in [4.69, 9.17) is 4.74 Å². The topological polar surface area (TPSA) is 47.0 Å². The highest BCUT2D eigenvalue weighted by Gasteiger charge is 2.02. The van der Waals surface area contributed by atoms with Crippen LogP contribution in [0.25, 0.3) is 0 Å². The fraction of sp³-hybridized carbons (Fsp3) is 0.200. The summed E-state index contributed by atoms with van der Waals surface area (Å²) in [6.45, 7) is 0.462. The standard InChI is InChI=1S/C10H11N3OS/c1-11-10-13-12-9(15-10)7-14-8-5-3-2-4-6-8/h2-6H,7H2,1H3,(H,11,13). The molecule has 1 aromatic heterocycles. The van der Waals surface area contributed by atoms with Gasteiger partial charge in [-0.3, -0.25) is 0 Å². The highest BCUT2D eigenvalue weighted by atomic mass is 32.1. The summed E-state index contributed by atoms with van der Waals surface area (Å²) in [5.41, 5.74) is 0. The number of aromatic nitrogens is 2. The highest BCUT2D eigenvalue weighted by molar-refractivity contribution is 7.15. The van der Waals surface area contributed by atoms with Crippen molar-refractivity contribution in [1.29, 1.82) is 0 Å². The number of anilines is 1. The van der Waals surface area contributed by atoms with E-state index in [0.717, 1.165) is 15.9 Å². The van der Waals surface area contributed by atoms with Crippen molar-refractivity contribution in [1.82, 2.24) is 10.2 Å². The Morgan fingerprint density at radius 1 is 1.27 bits per heavy atom. The molecular weight excluding hydrogens is 210 g/mol. The molecule has 0 unspecified atom stereocenters. The lowest BCUT2D eigenvalue weighted by molar-refractivity contribution is 0.304. The molecule has 0 fully saturated rings. The maximum Gasteiger partial charge on any atom is 0.205 e. The molecule has 2 rings (SSSR count). The number of hydrogen-bond acceptors (Lipinski definition) is 5. The summed E-state index contributed by atoms with van der Waals surface area (Å²) in [6, 6.07) is 9.67. The molecule has 0 atom stereocenters. The quantitative estimate of drug-likeness (QED) is 0.859. The Labute approximate surface area is 91.9 Å². The molecule has 0 radical (unpaired) electrons. The average Bonchev–Trinajstić information content (AvgIpc) is 2.76. The third-order valence-electron chi connectivity index (χ3n) is 1.79. The summed E-state index contributed by atoms with van der Waals surface area (Å²) >= 11 is 1.49. The first-order valence-electron chi connectivity index (χ1n) is 4.56. The van der Waals surface area contributed by atoms with E-state index in [9.17, 15) is 0 Å². The molecule has 4 nitrogen and oxygen atoms in total. The van der Waals surface area contributed by atoms with Gasteiger partial charge in [-0.1, -0.05) is 29.5 Å². The van der Waals surface area contributed by atoms with Gasteiger partial charge in [-0.05, 0) is 12.1 Å². The smallest absolute Gasteiger partial charge is 0.205 e. The van der Waals surface area contributed by atoms with Crippen LogP contribution >= 0.6 is 11.3 Å². The molecule has 2 aromatic rings. The molecule has 0 saturated heterocycles. The summed E-state index contributed by atoms with van der Waals surface area (Å²) in [6.07, 6.45) is 0. The molecule has 1 heterocycles. The molecule has 15 heavy (non-hydrogen) atoms. The van der Waals surface area contributed by atoms with Crippen LogP contribution < -0.4 is 10.1 Å². The number of hydrogen-bond donors (Lipinski definition) is 1. The van der Waals surface area contributed by atoms with Crippen molar-refractivity contribution in [2.75, 3.05) is 12.4 Å². The Morgan fingerprint density at radius 2 is 2.07 bits per heavy atom. The average molecular weight is 221 g/mol. The molecule has 5 heteroatoms. The van der Waals surface area contributed by atoms with Gasteiger partial charge >= 0.3 is 0 Å². The molecule has 0 saturated carbocycles. The molecule has 0 bridgehead atoms. The van der Waals surface area contributed by atoms with Crippen molar-refractivity contribution < 1.29 is 4.74 Å². The first kappa shape index (κ1) is 9.92. The number of rotatable bonds is 4. The van der Waals surface area contributed by atoms with Crippen molar-refractivity contribution in [2.24, 2.45) is 0 Å². The molecule has 0 aliphatic heterocycles. The molecule has 0 spiro atoms. The second kappa shape index (κ2) is 4.75. The number of nitrogens with zero attached hydrogens (tertiary/aromatic N) is 2. The molecule has 78 valence electrons. The highest BCUT2D eigenvalue weighted by Crippen LogP contribution is 2.17. The van der Waals surface area contributed by atoms with E-state index in [-0.39, 0.29) is 0 Å². The molecular formula is C10H11N3OS. The van der Waals surface area contributed by atoms with Gasteiger partial charge in [-0.2, -0.15) is 0 Å². The van der Waals surface area contributed by atoms with Crippen LogP contribution in [0.2, 0.25) is 0 Å². The van der Waals surface area contributed by atoms with Crippen LogP contribution in [0.5, 0.6) is 5.75 Å². The fourth-order valence-electron chi connectivity index (χ4n) is 1.07. The Hall–Kier alpha value is -1.62. The monoisotopic (exact) mass is 221 g/mol. The van der Waals surface area contributed by atoms with Crippen LogP contribution in [0.3, 0.4) is 0 Å². The summed E-state index contributed by atoms with van der Waals surface area (Å²) in [7, 11) is 1.82. The predicted octanol–water partition coefficient (Wildman–Crippen LogP) is 2.16. The van der Waals surface area contributed by atoms with E-state index in [1.165, 1.54) is 11.3 Å². The first-order valence-corrected chi connectivity index (χ1v) is 5.38. The van der Waals surface area contributed by atoms with Crippen molar-refractivity contribution in [3.05, 3.63) is 35.3 Å². The SMILES string of the molecule is CNc1nnc(COc2ccccc2)s1. The Bertz CT molecular complexity index is 416. The van der Waals surface area contributed by atoms with E-state index >= 15 is 0 Å². The van der Waals surface area contributed by atoms with Crippen molar-refractivity contribution in [2.45, 2.75) is 6.61 Å². The van der Waals surface area contributed by atoms with Crippen molar-refractivity contribution in [3.63, 3.8) is 0 Å². The van der Waals surface area contributed by atoms with Gasteiger partial charge in [-0.25, -0.2) is 0 Å². The summed E-state index contributed by atoms with van der Waals surface area (Å²) < 4.78 is 5.53. The van der Waals surface area contributed by atoms with E-state index in [1.54, 1.807) is 0 Å². The third kappa shape index (κ3) is 2.66. The fourth-order valence-corrected chi connectivity index (χ4v) is 1.68. The zero-order valence-electron chi connectivity index (χ0n) is 8.30. The maximum absolute atomic E-state index is 5.53. The van der Waals surface area contributed by atoms with Crippen LogP contribution in [0, 0.1) is 0 Å². The number of para-hydroxylation sites is 1. The molecule has 0 aliphatic carbocycles. The number of ether oxygens (including phenoxy) is 1. The molecule has 1 aromatic carbocycles. The van der Waals surface area contributed by atoms with Gasteiger partial charge in [0.15, 0.2) is 5.01 Å². The van der Waals surface area contributed by atoms with E-state index in [1.807, 2.05) is 37.4 Å². The van der Waals surface area contributed by atoms with E-state index in [0.29, 0.717) is 6.61 Å². The van der Waals surface area contributed by atoms with Crippen LogP contribution in [-0.4, -0.2) is 17.2 Å². The van der Waals surface area contributed by atoms with Crippen molar-refractivity contribution in [3.8, 4) is 5.75 Å². The largest absolute Gasteiger partial charge is 0.486 e. The Balaban J connectivity index is 1.93. The third-order valence-corrected chi connectivity index (χ3v) is 2.70. The van der Waals surface area contributed by atoms with Crippen LogP contribution in [0.15, 0.2) is 30.3 Å². The van der Waals surface area contributed by atoms with Crippen LogP contribution in [0.1, 0.15) is 5.01 Å². The molecule has 1 N–H and O–H groups in total. The minimum atomic E-state index is 0.462. The normalized spacial score (nSPS) is 9.93. The van der Waals surface area contributed by atoms with Crippen LogP contribution in [-0.2, 0) is 6.61 Å². The van der Waals surface area contributed by atoms with E-state index in [2.05, 4.69) is 15.5 Å². The van der Waals surface area contributed by atoms with Crippen LogP contribution in [0.4, 0.5) is 5.13 Å². The second-order valence-corrected chi connectivity index (χ2v) is 3.91. The second-order valence-electron chi connectivity index (χ2n) is 2.85. The number of nitrogens with one attached hydrogen (secondary N) is 1. The van der Waals surface area contributed by atoms with Crippen molar-refractivity contribution >= 4 is 16.5 Å². The predicted molar refractivity (Wildman–Crippen MR) is 60.2 cm³/mol. The van der Waals surface area contributed by atoms with Gasteiger partial charge in [-0.15, -0.1) is 10.2 Å². The first-order chi connectivity index (χ1) is 7.38. The van der Waals surface area contributed by atoms with Gasteiger partial charge in [0.25, 0.3) is 0 Å². The molecule has 0 aliphatic rings. The summed E-state index contributed by atoms with van der Waals surface area (Å²) in [5.74, 6) is 0.846. The van der Waals surface area contributed by atoms with Gasteiger partial charge in [0.2, 0.25) is 5.13 Å². The summed E-state index contributed by atoms with van der Waals surface area (Å²) in [5, 5.41) is 12.5. The van der Waals surface area contributed by atoms with E-state index < -0.39 is 0 Å². The lowest BCUT2D eigenvalue weighted by Gasteiger charge is -2.01. The Kier molecular flexibility index (Phi) is 3.14. The zero-order chi connectivity index (χ0) is 10.5. The zero-order valence-corrected chi connectivity index (χ0v) is 9.12. The molecule has 0 amide bonds.